The minimum Gasteiger partial charge on any atom is -0.329 e. The standard InChI is InChI=1S/C15H24N2S/c1-12-4-5-14(10-13(12)2)15(11-16)17-6-3-8-18-9-7-17/h4-5,10,15H,3,6-9,11,16H2,1-2H3. The minimum atomic E-state index is 0.392. The zero-order valence-electron chi connectivity index (χ0n) is 11.5. The Balaban J connectivity index is 2.17. The van der Waals surface area contributed by atoms with Gasteiger partial charge in [-0.3, -0.25) is 4.90 Å². The lowest BCUT2D eigenvalue weighted by Gasteiger charge is -2.30. The number of nitrogens with zero attached hydrogens (tertiary/aromatic N) is 1. The first-order valence-corrected chi connectivity index (χ1v) is 7.97. The van der Waals surface area contributed by atoms with Crippen LogP contribution < -0.4 is 5.73 Å². The molecule has 0 bridgehead atoms. The van der Waals surface area contributed by atoms with Gasteiger partial charge in [0.2, 0.25) is 0 Å². The molecule has 1 aromatic carbocycles. The monoisotopic (exact) mass is 264 g/mol. The zero-order chi connectivity index (χ0) is 13.0. The highest BCUT2D eigenvalue weighted by molar-refractivity contribution is 7.99. The van der Waals surface area contributed by atoms with E-state index in [4.69, 9.17) is 5.73 Å². The normalized spacial score (nSPS) is 19.5. The van der Waals surface area contributed by atoms with Crippen LogP contribution in [0.15, 0.2) is 18.2 Å². The Hall–Kier alpha value is -0.510. The Bertz CT molecular complexity index is 384. The van der Waals surface area contributed by atoms with Gasteiger partial charge in [0.05, 0.1) is 0 Å². The summed E-state index contributed by atoms with van der Waals surface area (Å²) in [5.41, 5.74) is 10.1. The molecule has 0 amide bonds. The van der Waals surface area contributed by atoms with Crippen molar-refractivity contribution < 1.29 is 0 Å². The summed E-state index contributed by atoms with van der Waals surface area (Å²) in [5, 5.41) is 0. The molecule has 3 heteroatoms. The molecule has 0 saturated carbocycles. The van der Waals surface area contributed by atoms with Crippen LogP contribution in [0.1, 0.15) is 29.2 Å². The van der Waals surface area contributed by atoms with E-state index in [1.54, 1.807) is 0 Å². The zero-order valence-corrected chi connectivity index (χ0v) is 12.3. The van der Waals surface area contributed by atoms with E-state index in [9.17, 15) is 0 Å². The number of benzene rings is 1. The summed E-state index contributed by atoms with van der Waals surface area (Å²) < 4.78 is 0. The molecule has 1 saturated heterocycles. The molecule has 1 aliphatic heterocycles. The van der Waals surface area contributed by atoms with Crippen LogP contribution >= 0.6 is 11.8 Å². The van der Waals surface area contributed by atoms with Crippen molar-refractivity contribution in [2.24, 2.45) is 5.73 Å². The van der Waals surface area contributed by atoms with Crippen LogP contribution in [0.2, 0.25) is 0 Å². The van der Waals surface area contributed by atoms with E-state index in [1.807, 2.05) is 0 Å². The molecule has 18 heavy (non-hydrogen) atoms. The molecule has 0 aromatic heterocycles. The maximum atomic E-state index is 6.03. The first kappa shape index (κ1) is 13.9. The highest BCUT2D eigenvalue weighted by Gasteiger charge is 2.20. The number of thioether (sulfide) groups is 1. The smallest absolute Gasteiger partial charge is 0.0470 e. The van der Waals surface area contributed by atoms with Gasteiger partial charge in [-0.25, -0.2) is 0 Å². The molecule has 2 rings (SSSR count). The molecule has 1 aliphatic rings. The minimum absolute atomic E-state index is 0.392. The van der Waals surface area contributed by atoms with Crippen LogP contribution in [0.25, 0.3) is 0 Å². The summed E-state index contributed by atoms with van der Waals surface area (Å²) in [6.45, 7) is 7.41. The number of nitrogens with two attached hydrogens (primary N) is 1. The summed E-state index contributed by atoms with van der Waals surface area (Å²) in [6.07, 6.45) is 1.28. The highest BCUT2D eigenvalue weighted by Crippen LogP contribution is 2.24. The van der Waals surface area contributed by atoms with Gasteiger partial charge in [-0.1, -0.05) is 18.2 Å². The third-order valence-corrected chi connectivity index (χ3v) is 4.89. The summed E-state index contributed by atoms with van der Waals surface area (Å²) in [6, 6.07) is 7.17. The van der Waals surface area contributed by atoms with E-state index < -0.39 is 0 Å². The van der Waals surface area contributed by atoms with E-state index in [0.29, 0.717) is 12.6 Å². The first-order chi connectivity index (χ1) is 8.72. The van der Waals surface area contributed by atoms with Crippen LogP contribution in [0.4, 0.5) is 0 Å². The molecule has 1 aromatic rings. The van der Waals surface area contributed by atoms with Gasteiger partial charge in [0, 0.05) is 24.9 Å². The maximum absolute atomic E-state index is 6.03. The van der Waals surface area contributed by atoms with Crippen molar-refractivity contribution in [1.29, 1.82) is 0 Å². The molecule has 1 fully saturated rings. The summed E-state index contributed by atoms with van der Waals surface area (Å²) in [7, 11) is 0. The van der Waals surface area contributed by atoms with E-state index in [0.717, 1.165) is 0 Å². The average Bonchev–Trinajstić information content (AvgIpc) is 2.64. The van der Waals surface area contributed by atoms with Gasteiger partial charge in [0.1, 0.15) is 0 Å². The van der Waals surface area contributed by atoms with E-state index in [1.165, 1.54) is 47.7 Å². The van der Waals surface area contributed by atoms with E-state index in [-0.39, 0.29) is 0 Å². The van der Waals surface area contributed by atoms with Crippen molar-refractivity contribution in [2.45, 2.75) is 26.3 Å². The molecule has 1 unspecified atom stereocenters. The first-order valence-electron chi connectivity index (χ1n) is 6.81. The lowest BCUT2D eigenvalue weighted by Crippen LogP contribution is -2.35. The molecular weight excluding hydrogens is 240 g/mol. The van der Waals surface area contributed by atoms with Gasteiger partial charge in [0.15, 0.2) is 0 Å². The van der Waals surface area contributed by atoms with Gasteiger partial charge in [0.25, 0.3) is 0 Å². The maximum Gasteiger partial charge on any atom is 0.0470 e. The van der Waals surface area contributed by atoms with Gasteiger partial charge >= 0.3 is 0 Å². The second-order valence-corrected chi connectivity index (χ2v) is 6.32. The van der Waals surface area contributed by atoms with Crippen LogP contribution in [0, 0.1) is 13.8 Å². The average molecular weight is 264 g/mol. The molecule has 0 radical (unpaired) electrons. The van der Waals surface area contributed by atoms with Crippen LogP contribution in [0.3, 0.4) is 0 Å². The Morgan fingerprint density at radius 1 is 1.22 bits per heavy atom. The van der Waals surface area contributed by atoms with Gasteiger partial charge in [-0.15, -0.1) is 0 Å². The molecule has 0 aliphatic carbocycles. The number of hydrogen-bond acceptors (Lipinski definition) is 3. The molecule has 100 valence electrons. The predicted molar refractivity (Wildman–Crippen MR) is 81.2 cm³/mol. The van der Waals surface area contributed by atoms with Crippen molar-refractivity contribution in [3.05, 3.63) is 34.9 Å². The SMILES string of the molecule is Cc1ccc(C(CN)N2CCCSCC2)cc1C. The fraction of sp³-hybridized carbons (Fsp3) is 0.600. The Morgan fingerprint density at radius 2 is 2.06 bits per heavy atom. The van der Waals surface area contributed by atoms with Gasteiger partial charge in [-0.2, -0.15) is 11.8 Å². The lowest BCUT2D eigenvalue weighted by molar-refractivity contribution is 0.218. The van der Waals surface area contributed by atoms with E-state index in [2.05, 4.69) is 48.7 Å². The molecule has 0 spiro atoms. The molecule has 2 nitrogen and oxygen atoms in total. The van der Waals surface area contributed by atoms with Gasteiger partial charge in [-0.05, 0) is 49.3 Å². The predicted octanol–water partition coefficient (Wildman–Crippen LogP) is 2.74. The molecule has 1 atom stereocenters. The quantitative estimate of drug-likeness (QED) is 0.910. The summed E-state index contributed by atoms with van der Waals surface area (Å²) in [5.74, 6) is 2.53. The fourth-order valence-corrected chi connectivity index (χ4v) is 3.45. The molecular formula is C15H24N2S. The summed E-state index contributed by atoms with van der Waals surface area (Å²) >= 11 is 2.07. The fourth-order valence-electron chi connectivity index (χ4n) is 2.54. The topological polar surface area (TPSA) is 29.3 Å². The van der Waals surface area contributed by atoms with Crippen molar-refractivity contribution in [1.82, 2.24) is 4.90 Å². The van der Waals surface area contributed by atoms with Crippen molar-refractivity contribution in [3.63, 3.8) is 0 Å². The lowest BCUT2D eigenvalue weighted by atomic mass is 10.00. The summed E-state index contributed by atoms with van der Waals surface area (Å²) in [4.78, 5) is 2.56. The second-order valence-electron chi connectivity index (χ2n) is 5.10. The van der Waals surface area contributed by atoms with Crippen molar-refractivity contribution in [2.75, 3.05) is 31.1 Å². The van der Waals surface area contributed by atoms with E-state index >= 15 is 0 Å². The number of rotatable bonds is 3. The third kappa shape index (κ3) is 3.28. The van der Waals surface area contributed by atoms with Gasteiger partial charge < -0.3 is 5.73 Å². The Kier molecular flexibility index (Phi) is 5.10. The van der Waals surface area contributed by atoms with Crippen LogP contribution in [0.5, 0.6) is 0 Å². The number of hydrogen-bond donors (Lipinski definition) is 1. The highest BCUT2D eigenvalue weighted by atomic mass is 32.2. The van der Waals surface area contributed by atoms with Crippen molar-refractivity contribution >= 4 is 11.8 Å². The largest absolute Gasteiger partial charge is 0.329 e. The van der Waals surface area contributed by atoms with Crippen LogP contribution in [-0.2, 0) is 0 Å². The molecule has 1 heterocycles. The third-order valence-electron chi connectivity index (χ3n) is 3.84. The Morgan fingerprint density at radius 3 is 2.78 bits per heavy atom. The molecule has 2 N–H and O–H groups in total. The number of aryl methyl sites for hydroxylation is 2. The van der Waals surface area contributed by atoms with Crippen LogP contribution in [-0.4, -0.2) is 36.0 Å². The second kappa shape index (κ2) is 6.60. The van der Waals surface area contributed by atoms with Crippen molar-refractivity contribution in [3.8, 4) is 0 Å². The Labute approximate surface area is 115 Å².